The maximum atomic E-state index is 12.8. The Morgan fingerprint density at radius 3 is 1.75 bits per heavy atom. The summed E-state index contributed by atoms with van der Waals surface area (Å²) in [4.78, 5) is 0. The van der Waals surface area contributed by atoms with Gasteiger partial charge >= 0.3 is 12.4 Å². The molecule has 0 aromatic heterocycles. The second-order valence-corrected chi connectivity index (χ2v) is 4.99. The maximum Gasteiger partial charge on any atom is 0.416 e. The van der Waals surface area contributed by atoms with Crippen molar-refractivity contribution in [2.75, 3.05) is 6.54 Å². The second kappa shape index (κ2) is 6.72. The van der Waals surface area contributed by atoms with E-state index in [-0.39, 0.29) is 12.6 Å². The lowest BCUT2D eigenvalue weighted by atomic mass is 10.1. The molecule has 2 N–H and O–H groups in total. The topological polar surface area (TPSA) is 35.2 Å². The van der Waals surface area contributed by atoms with Crippen LogP contribution >= 0.6 is 0 Å². The highest BCUT2D eigenvalue weighted by molar-refractivity contribution is 5.38. The van der Waals surface area contributed by atoms with Gasteiger partial charge in [0.2, 0.25) is 0 Å². The van der Waals surface area contributed by atoms with Gasteiger partial charge in [-0.15, -0.1) is 0 Å². The second-order valence-electron chi connectivity index (χ2n) is 4.99. The third-order valence-corrected chi connectivity index (χ3v) is 3.22. The van der Waals surface area contributed by atoms with Gasteiger partial charge in [-0.1, -0.05) is 30.3 Å². The number of alkyl halides is 6. The average Bonchev–Trinajstić information content (AvgIpc) is 2.51. The normalized spacial score (nSPS) is 13.6. The summed E-state index contributed by atoms with van der Waals surface area (Å²) in [6.07, 6.45) is -10.7. The minimum atomic E-state index is -4.93. The van der Waals surface area contributed by atoms with Gasteiger partial charge < -0.3 is 10.5 Å². The molecule has 2 aromatic carbocycles. The number of nitrogens with two attached hydrogens (primary N) is 1. The monoisotopic (exact) mass is 349 g/mol. The Morgan fingerprint density at radius 2 is 1.33 bits per heavy atom. The summed E-state index contributed by atoms with van der Waals surface area (Å²) in [5, 5.41) is 0. The SMILES string of the molecule is NC[C@@H](Oc1cc(C(F)(F)F)cc(C(F)(F)F)c1)c1ccccc1. The average molecular weight is 349 g/mol. The first kappa shape index (κ1) is 18.1. The van der Waals surface area contributed by atoms with Gasteiger partial charge in [0, 0.05) is 6.54 Å². The number of halogens is 6. The van der Waals surface area contributed by atoms with Crippen molar-refractivity contribution >= 4 is 0 Å². The summed E-state index contributed by atoms with van der Waals surface area (Å²) in [7, 11) is 0. The van der Waals surface area contributed by atoms with Crippen molar-refractivity contribution in [1.82, 2.24) is 0 Å². The van der Waals surface area contributed by atoms with E-state index < -0.39 is 35.3 Å². The molecule has 2 rings (SSSR count). The van der Waals surface area contributed by atoms with Crippen molar-refractivity contribution in [3.8, 4) is 5.75 Å². The molecule has 0 unspecified atom stereocenters. The lowest BCUT2D eigenvalue weighted by Gasteiger charge is -2.20. The Kier molecular flexibility index (Phi) is 5.08. The van der Waals surface area contributed by atoms with Crippen molar-refractivity contribution in [1.29, 1.82) is 0 Å². The van der Waals surface area contributed by atoms with Crippen LogP contribution in [0.15, 0.2) is 48.5 Å². The minimum Gasteiger partial charge on any atom is -0.484 e. The van der Waals surface area contributed by atoms with E-state index in [9.17, 15) is 26.3 Å². The summed E-state index contributed by atoms with van der Waals surface area (Å²) in [6, 6.07) is 9.38. The van der Waals surface area contributed by atoms with Crippen LogP contribution in [0.1, 0.15) is 22.8 Å². The first-order valence-corrected chi connectivity index (χ1v) is 6.82. The van der Waals surface area contributed by atoms with Gasteiger partial charge in [0.1, 0.15) is 11.9 Å². The van der Waals surface area contributed by atoms with Crippen molar-refractivity contribution in [3.63, 3.8) is 0 Å². The van der Waals surface area contributed by atoms with E-state index in [1.165, 1.54) is 0 Å². The number of benzene rings is 2. The van der Waals surface area contributed by atoms with E-state index in [2.05, 4.69) is 0 Å². The van der Waals surface area contributed by atoms with Crippen LogP contribution < -0.4 is 10.5 Å². The van der Waals surface area contributed by atoms with E-state index in [1.807, 2.05) is 0 Å². The van der Waals surface area contributed by atoms with Crippen LogP contribution in [-0.2, 0) is 12.4 Å². The van der Waals surface area contributed by atoms with Crippen LogP contribution in [0.4, 0.5) is 26.3 Å². The van der Waals surface area contributed by atoms with Crippen molar-refractivity contribution in [3.05, 3.63) is 65.2 Å². The number of ether oxygens (including phenoxy) is 1. The molecule has 0 aliphatic carbocycles. The first-order chi connectivity index (χ1) is 11.1. The molecule has 0 aliphatic rings. The molecule has 8 heteroatoms. The van der Waals surface area contributed by atoms with Crippen LogP contribution in [0.2, 0.25) is 0 Å². The standard InChI is InChI=1S/C16H13F6NO/c17-15(18,19)11-6-12(16(20,21)22)8-13(7-11)24-14(9-23)10-4-2-1-3-5-10/h1-8,14H,9,23H2/t14-/m1/s1. The Morgan fingerprint density at radius 1 is 0.833 bits per heavy atom. The molecule has 1 atom stereocenters. The van der Waals surface area contributed by atoms with E-state index in [4.69, 9.17) is 10.5 Å². The Hall–Kier alpha value is -2.22. The third-order valence-electron chi connectivity index (χ3n) is 3.22. The van der Waals surface area contributed by atoms with E-state index in [1.54, 1.807) is 30.3 Å². The fourth-order valence-electron chi connectivity index (χ4n) is 2.08. The van der Waals surface area contributed by atoms with E-state index in [0.29, 0.717) is 17.7 Å². The number of hydrogen-bond donors (Lipinski definition) is 1. The molecule has 0 spiro atoms. The zero-order valence-electron chi connectivity index (χ0n) is 12.2. The van der Waals surface area contributed by atoms with Gasteiger partial charge in [0.25, 0.3) is 0 Å². The van der Waals surface area contributed by atoms with Gasteiger partial charge in [-0.2, -0.15) is 26.3 Å². The molecule has 2 aromatic rings. The summed E-state index contributed by atoms with van der Waals surface area (Å²) < 4.78 is 82.3. The molecule has 0 fully saturated rings. The molecule has 0 radical (unpaired) electrons. The van der Waals surface area contributed by atoms with Gasteiger partial charge in [-0.3, -0.25) is 0 Å². The first-order valence-electron chi connectivity index (χ1n) is 6.82. The molecule has 2 nitrogen and oxygen atoms in total. The summed E-state index contributed by atoms with van der Waals surface area (Å²) in [6.45, 7) is -0.110. The van der Waals surface area contributed by atoms with Crippen molar-refractivity contribution in [2.45, 2.75) is 18.5 Å². The van der Waals surface area contributed by atoms with Crippen LogP contribution in [-0.4, -0.2) is 6.54 Å². The Labute approximate surface area is 133 Å². The predicted octanol–water partition coefficient (Wildman–Crippen LogP) is 4.80. The fraction of sp³-hybridized carbons (Fsp3) is 0.250. The third kappa shape index (κ3) is 4.41. The zero-order valence-corrected chi connectivity index (χ0v) is 12.2. The van der Waals surface area contributed by atoms with Crippen molar-refractivity contribution < 1.29 is 31.1 Å². The molecule has 0 bridgehead atoms. The van der Waals surface area contributed by atoms with Crippen LogP contribution in [0.3, 0.4) is 0 Å². The summed E-state index contributed by atoms with van der Waals surface area (Å²) >= 11 is 0. The van der Waals surface area contributed by atoms with E-state index in [0.717, 1.165) is 0 Å². The smallest absolute Gasteiger partial charge is 0.416 e. The fourth-order valence-corrected chi connectivity index (χ4v) is 2.08. The van der Waals surface area contributed by atoms with Crippen LogP contribution in [0.5, 0.6) is 5.75 Å². The zero-order chi connectivity index (χ0) is 18.0. The molecule has 0 heterocycles. The van der Waals surface area contributed by atoms with E-state index >= 15 is 0 Å². The molecule has 0 aliphatic heterocycles. The van der Waals surface area contributed by atoms with Crippen molar-refractivity contribution in [2.24, 2.45) is 5.73 Å². The maximum absolute atomic E-state index is 12.8. The highest BCUT2D eigenvalue weighted by atomic mass is 19.4. The van der Waals surface area contributed by atoms with Gasteiger partial charge in [-0.05, 0) is 23.8 Å². The van der Waals surface area contributed by atoms with Gasteiger partial charge in [0.05, 0.1) is 11.1 Å². The van der Waals surface area contributed by atoms with Crippen LogP contribution in [0, 0.1) is 0 Å². The lowest BCUT2D eigenvalue weighted by Crippen LogP contribution is -2.19. The molecular formula is C16H13F6NO. The molecule has 0 amide bonds. The molecular weight excluding hydrogens is 336 g/mol. The molecule has 130 valence electrons. The predicted molar refractivity (Wildman–Crippen MR) is 75.3 cm³/mol. The Balaban J connectivity index is 2.42. The van der Waals surface area contributed by atoms with Crippen LogP contribution in [0.25, 0.3) is 0 Å². The Bertz CT molecular complexity index is 649. The largest absolute Gasteiger partial charge is 0.484 e. The molecule has 0 saturated carbocycles. The summed E-state index contributed by atoms with van der Waals surface area (Å²) in [5.41, 5.74) is 3.21. The molecule has 24 heavy (non-hydrogen) atoms. The molecule has 0 saturated heterocycles. The highest BCUT2D eigenvalue weighted by Gasteiger charge is 2.37. The number of rotatable bonds is 4. The minimum absolute atomic E-state index is 0.0484. The summed E-state index contributed by atoms with van der Waals surface area (Å²) in [5.74, 6) is -0.545. The van der Waals surface area contributed by atoms with Gasteiger partial charge in [-0.25, -0.2) is 0 Å². The number of hydrogen-bond acceptors (Lipinski definition) is 2. The quantitative estimate of drug-likeness (QED) is 0.805. The highest BCUT2D eigenvalue weighted by Crippen LogP contribution is 2.39. The van der Waals surface area contributed by atoms with Gasteiger partial charge in [0.15, 0.2) is 0 Å². The lowest BCUT2D eigenvalue weighted by molar-refractivity contribution is -0.143.